The van der Waals surface area contributed by atoms with Crippen molar-refractivity contribution in [2.24, 2.45) is 0 Å². The molecule has 0 bridgehead atoms. The van der Waals surface area contributed by atoms with Crippen LogP contribution < -0.4 is 5.32 Å². The molecule has 96 valence electrons. The number of thioether (sulfide) groups is 1. The molecule has 1 aromatic heterocycles. The first-order valence-electron chi connectivity index (χ1n) is 6.36. The fourth-order valence-electron chi connectivity index (χ4n) is 1.73. The van der Waals surface area contributed by atoms with Crippen molar-refractivity contribution in [2.45, 2.75) is 51.0 Å². The summed E-state index contributed by atoms with van der Waals surface area (Å²) < 4.78 is 0. The third-order valence-electron chi connectivity index (χ3n) is 2.65. The molecule has 0 atom stereocenters. The summed E-state index contributed by atoms with van der Waals surface area (Å²) in [5, 5.41) is 4.29. The molecule has 1 rings (SSSR count). The van der Waals surface area contributed by atoms with Gasteiger partial charge in [-0.25, -0.2) is 9.97 Å². The van der Waals surface area contributed by atoms with Gasteiger partial charge in [0.25, 0.3) is 0 Å². The Morgan fingerprint density at radius 2 is 2.06 bits per heavy atom. The van der Waals surface area contributed by atoms with Crippen molar-refractivity contribution < 1.29 is 0 Å². The zero-order valence-electron chi connectivity index (χ0n) is 11.3. The summed E-state index contributed by atoms with van der Waals surface area (Å²) >= 11 is 1.85. The maximum atomic E-state index is 4.42. The van der Waals surface area contributed by atoms with E-state index in [9.17, 15) is 0 Å². The van der Waals surface area contributed by atoms with E-state index in [0.29, 0.717) is 5.92 Å². The second kappa shape index (κ2) is 7.54. The molecule has 0 fully saturated rings. The van der Waals surface area contributed by atoms with E-state index in [1.807, 2.05) is 18.8 Å². The topological polar surface area (TPSA) is 37.8 Å². The minimum Gasteiger partial charge on any atom is -0.373 e. The summed E-state index contributed by atoms with van der Waals surface area (Å²) in [5.41, 5.74) is 1.25. The molecule has 17 heavy (non-hydrogen) atoms. The molecular formula is C13H23N3S. The Balaban J connectivity index is 2.76. The molecule has 3 nitrogen and oxygen atoms in total. The van der Waals surface area contributed by atoms with Crippen molar-refractivity contribution >= 4 is 17.6 Å². The van der Waals surface area contributed by atoms with Crippen LogP contribution in [-0.2, 0) is 0 Å². The molecule has 0 aliphatic heterocycles. The number of hydrogen-bond donors (Lipinski definition) is 1. The SMILES string of the molecule is CCCCCSc1ncnc(NC)c1C(C)C. The highest BCUT2D eigenvalue weighted by Gasteiger charge is 2.13. The van der Waals surface area contributed by atoms with Crippen LogP contribution in [0.5, 0.6) is 0 Å². The Morgan fingerprint density at radius 1 is 1.29 bits per heavy atom. The van der Waals surface area contributed by atoms with E-state index in [-0.39, 0.29) is 0 Å². The summed E-state index contributed by atoms with van der Waals surface area (Å²) in [6, 6.07) is 0. The second-order valence-corrected chi connectivity index (χ2v) is 5.48. The largest absolute Gasteiger partial charge is 0.373 e. The number of hydrogen-bond acceptors (Lipinski definition) is 4. The van der Waals surface area contributed by atoms with Crippen molar-refractivity contribution in [3.8, 4) is 0 Å². The predicted octanol–water partition coefficient (Wildman–Crippen LogP) is 3.92. The lowest BCUT2D eigenvalue weighted by Gasteiger charge is -2.14. The first-order chi connectivity index (χ1) is 8.20. The van der Waals surface area contributed by atoms with E-state index >= 15 is 0 Å². The smallest absolute Gasteiger partial charge is 0.133 e. The minimum absolute atomic E-state index is 0.451. The molecule has 0 radical (unpaired) electrons. The molecule has 0 saturated carbocycles. The zero-order chi connectivity index (χ0) is 12.7. The Hall–Kier alpha value is -0.770. The van der Waals surface area contributed by atoms with E-state index in [1.54, 1.807) is 6.33 Å². The standard InChI is InChI=1S/C13H23N3S/c1-5-6-7-8-17-13-11(10(2)3)12(14-4)15-9-16-13/h9-10H,5-8H2,1-4H3,(H,14,15,16). The van der Waals surface area contributed by atoms with E-state index in [0.717, 1.165) is 16.6 Å². The van der Waals surface area contributed by atoms with Crippen molar-refractivity contribution in [1.29, 1.82) is 0 Å². The minimum atomic E-state index is 0.451. The van der Waals surface area contributed by atoms with Crippen LogP contribution in [0.4, 0.5) is 5.82 Å². The van der Waals surface area contributed by atoms with Gasteiger partial charge in [-0.1, -0.05) is 33.6 Å². The Kier molecular flexibility index (Phi) is 6.34. The molecule has 1 aromatic rings. The summed E-state index contributed by atoms with van der Waals surface area (Å²) in [6.07, 6.45) is 5.48. The van der Waals surface area contributed by atoms with E-state index in [2.05, 4.69) is 36.1 Å². The lowest BCUT2D eigenvalue weighted by molar-refractivity contribution is 0.774. The molecule has 0 saturated heterocycles. The van der Waals surface area contributed by atoms with Crippen molar-refractivity contribution in [2.75, 3.05) is 18.1 Å². The molecule has 0 aliphatic rings. The first kappa shape index (κ1) is 14.3. The highest BCUT2D eigenvalue weighted by atomic mass is 32.2. The van der Waals surface area contributed by atoms with Crippen LogP contribution in [0.2, 0.25) is 0 Å². The van der Waals surface area contributed by atoms with Gasteiger partial charge in [-0.2, -0.15) is 0 Å². The lowest BCUT2D eigenvalue weighted by atomic mass is 10.1. The fourth-order valence-corrected chi connectivity index (χ4v) is 2.89. The number of nitrogens with zero attached hydrogens (tertiary/aromatic N) is 2. The van der Waals surface area contributed by atoms with Gasteiger partial charge in [0.2, 0.25) is 0 Å². The summed E-state index contributed by atoms with van der Waals surface area (Å²) in [4.78, 5) is 8.71. The van der Waals surface area contributed by atoms with Crippen LogP contribution in [0, 0.1) is 0 Å². The van der Waals surface area contributed by atoms with Crippen LogP contribution in [-0.4, -0.2) is 22.8 Å². The number of rotatable bonds is 7. The van der Waals surface area contributed by atoms with Crippen LogP contribution in [0.25, 0.3) is 0 Å². The van der Waals surface area contributed by atoms with Gasteiger partial charge in [-0.3, -0.25) is 0 Å². The van der Waals surface area contributed by atoms with Crippen molar-refractivity contribution in [1.82, 2.24) is 9.97 Å². The summed E-state index contributed by atoms with van der Waals surface area (Å²) in [5.74, 6) is 2.56. The molecule has 0 aromatic carbocycles. The van der Waals surface area contributed by atoms with Gasteiger partial charge in [-0.05, 0) is 18.1 Å². The van der Waals surface area contributed by atoms with Crippen LogP contribution >= 0.6 is 11.8 Å². The van der Waals surface area contributed by atoms with Gasteiger partial charge < -0.3 is 5.32 Å². The normalized spacial score (nSPS) is 10.9. The molecule has 1 heterocycles. The molecule has 0 amide bonds. The molecular weight excluding hydrogens is 230 g/mol. The monoisotopic (exact) mass is 253 g/mol. The molecule has 4 heteroatoms. The zero-order valence-corrected chi connectivity index (χ0v) is 12.1. The van der Waals surface area contributed by atoms with Gasteiger partial charge in [-0.15, -0.1) is 11.8 Å². The average molecular weight is 253 g/mol. The van der Waals surface area contributed by atoms with E-state index in [1.165, 1.54) is 24.8 Å². The summed E-state index contributed by atoms with van der Waals surface area (Å²) in [7, 11) is 1.92. The molecule has 1 N–H and O–H groups in total. The predicted molar refractivity (Wildman–Crippen MR) is 75.9 cm³/mol. The molecule has 0 spiro atoms. The van der Waals surface area contributed by atoms with Crippen LogP contribution in [0.15, 0.2) is 11.4 Å². The molecule has 0 unspecified atom stereocenters. The second-order valence-electron chi connectivity index (χ2n) is 4.40. The maximum Gasteiger partial charge on any atom is 0.133 e. The van der Waals surface area contributed by atoms with Crippen LogP contribution in [0.1, 0.15) is 51.5 Å². The highest BCUT2D eigenvalue weighted by Crippen LogP contribution is 2.31. The number of nitrogens with one attached hydrogen (secondary N) is 1. The van der Waals surface area contributed by atoms with E-state index in [4.69, 9.17) is 0 Å². The van der Waals surface area contributed by atoms with Gasteiger partial charge in [0, 0.05) is 12.6 Å². The Bertz CT molecular complexity index is 339. The fraction of sp³-hybridized carbons (Fsp3) is 0.692. The Labute approximate surface area is 109 Å². The van der Waals surface area contributed by atoms with Gasteiger partial charge in [0.05, 0.1) is 0 Å². The average Bonchev–Trinajstić information content (AvgIpc) is 2.33. The van der Waals surface area contributed by atoms with Crippen LogP contribution in [0.3, 0.4) is 0 Å². The third kappa shape index (κ3) is 4.19. The number of anilines is 1. The third-order valence-corrected chi connectivity index (χ3v) is 3.74. The van der Waals surface area contributed by atoms with Gasteiger partial charge in [0.1, 0.15) is 17.2 Å². The van der Waals surface area contributed by atoms with E-state index < -0.39 is 0 Å². The highest BCUT2D eigenvalue weighted by molar-refractivity contribution is 7.99. The van der Waals surface area contributed by atoms with Crippen molar-refractivity contribution in [3.63, 3.8) is 0 Å². The van der Waals surface area contributed by atoms with Gasteiger partial charge in [0.15, 0.2) is 0 Å². The molecule has 0 aliphatic carbocycles. The first-order valence-corrected chi connectivity index (χ1v) is 7.34. The quantitative estimate of drug-likeness (QED) is 0.454. The number of aromatic nitrogens is 2. The van der Waals surface area contributed by atoms with Gasteiger partial charge >= 0.3 is 0 Å². The Morgan fingerprint density at radius 3 is 2.65 bits per heavy atom. The lowest BCUT2D eigenvalue weighted by Crippen LogP contribution is -2.04. The summed E-state index contributed by atoms with van der Waals surface area (Å²) in [6.45, 7) is 6.61. The maximum absolute atomic E-state index is 4.42. The number of unbranched alkanes of at least 4 members (excludes halogenated alkanes) is 2. The van der Waals surface area contributed by atoms with Crippen molar-refractivity contribution in [3.05, 3.63) is 11.9 Å².